The topological polar surface area (TPSA) is 84.4 Å². The summed E-state index contributed by atoms with van der Waals surface area (Å²) < 4.78 is 6.24. The van der Waals surface area contributed by atoms with Crippen LogP contribution in [0.3, 0.4) is 0 Å². The second-order valence-electron chi connectivity index (χ2n) is 8.27. The van der Waals surface area contributed by atoms with Gasteiger partial charge in [-0.3, -0.25) is 9.59 Å². The van der Waals surface area contributed by atoms with E-state index in [0.29, 0.717) is 62.6 Å². The first-order valence-electron chi connectivity index (χ1n) is 10.6. The Labute approximate surface area is 176 Å². The van der Waals surface area contributed by atoms with Gasteiger partial charge in [-0.1, -0.05) is 12.1 Å². The zero-order chi connectivity index (χ0) is 21.1. The fraction of sp³-hybridized carbons (Fsp3) is 0.478. The highest BCUT2D eigenvalue weighted by Gasteiger charge is 2.43. The number of ketones is 1. The van der Waals surface area contributed by atoms with Gasteiger partial charge in [-0.2, -0.15) is 0 Å². The van der Waals surface area contributed by atoms with E-state index in [1.807, 2.05) is 49.1 Å². The third-order valence-corrected chi connectivity index (χ3v) is 5.86. The Bertz CT molecular complexity index is 931. The minimum Gasteiger partial charge on any atom is -0.486 e. The van der Waals surface area contributed by atoms with Crippen LogP contribution in [0.5, 0.6) is 5.75 Å². The summed E-state index contributed by atoms with van der Waals surface area (Å²) in [4.78, 5) is 35.7. The van der Waals surface area contributed by atoms with Crippen LogP contribution in [0.15, 0.2) is 30.3 Å². The number of amides is 1. The molecule has 158 valence electrons. The SMILES string of the molecule is Cc1cc(C)nc(NCCCC(=O)N2CCC3(CC2)CC(=O)c2ccccc2O3)n1. The first kappa shape index (κ1) is 20.3. The number of fused-ring (bicyclic) bond motifs is 1. The molecular formula is C23H28N4O3. The van der Waals surface area contributed by atoms with Crippen LogP contribution in [0.25, 0.3) is 0 Å². The van der Waals surface area contributed by atoms with Gasteiger partial charge in [0.2, 0.25) is 11.9 Å². The molecule has 0 atom stereocenters. The number of carbonyl (C=O) groups is 2. The van der Waals surface area contributed by atoms with E-state index in [0.717, 1.165) is 17.8 Å². The number of likely N-dealkylation sites (tertiary alicyclic amines) is 1. The monoisotopic (exact) mass is 408 g/mol. The Kier molecular flexibility index (Phi) is 5.70. The van der Waals surface area contributed by atoms with Gasteiger partial charge >= 0.3 is 0 Å². The zero-order valence-corrected chi connectivity index (χ0v) is 17.6. The molecule has 1 amide bonds. The number of Topliss-reactive ketones (excluding diaryl/α,β-unsaturated/α-hetero) is 1. The van der Waals surface area contributed by atoms with Gasteiger partial charge in [-0.25, -0.2) is 9.97 Å². The lowest BCUT2D eigenvalue weighted by Gasteiger charge is -2.44. The molecule has 0 bridgehead atoms. The number of aryl methyl sites for hydroxylation is 2. The minimum atomic E-state index is -0.468. The molecule has 7 heteroatoms. The smallest absolute Gasteiger partial charge is 0.223 e. The number of aromatic nitrogens is 2. The molecule has 2 aromatic rings. The lowest BCUT2D eigenvalue weighted by atomic mass is 9.82. The molecule has 1 fully saturated rings. The number of ether oxygens (including phenoxy) is 1. The van der Waals surface area contributed by atoms with Crippen LogP contribution in [-0.4, -0.2) is 51.8 Å². The average Bonchev–Trinajstić information content (AvgIpc) is 2.71. The summed E-state index contributed by atoms with van der Waals surface area (Å²) in [6.07, 6.45) is 2.97. The number of para-hydroxylation sites is 1. The summed E-state index contributed by atoms with van der Waals surface area (Å²) in [7, 11) is 0. The van der Waals surface area contributed by atoms with Crippen LogP contribution in [-0.2, 0) is 4.79 Å². The average molecular weight is 409 g/mol. The largest absolute Gasteiger partial charge is 0.486 e. The molecule has 7 nitrogen and oxygen atoms in total. The van der Waals surface area contributed by atoms with E-state index in [1.165, 1.54) is 0 Å². The molecule has 2 aliphatic heterocycles. The maximum absolute atomic E-state index is 12.6. The third kappa shape index (κ3) is 4.45. The van der Waals surface area contributed by atoms with Crippen LogP contribution in [0, 0.1) is 13.8 Å². The summed E-state index contributed by atoms with van der Waals surface area (Å²) in [5.74, 6) is 1.57. The van der Waals surface area contributed by atoms with Gasteiger partial charge in [0.25, 0.3) is 0 Å². The lowest BCUT2D eigenvalue weighted by Crippen LogP contribution is -2.52. The third-order valence-electron chi connectivity index (χ3n) is 5.86. The van der Waals surface area contributed by atoms with Crippen molar-refractivity contribution in [2.75, 3.05) is 25.0 Å². The zero-order valence-electron chi connectivity index (χ0n) is 17.6. The van der Waals surface area contributed by atoms with E-state index in [4.69, 9.17) is 4.74 Å². The number of anilines is 1. The number of piperidine rings is 1. The number of nitrogens with one attached hydrogen (secondary N) is 1. The number of hydrogen-bond donors (Lipinski definition) is 1. The first-order valence-corrected chi connectivity index (χ1v) is 10.6. The second-order valence-corrected chi connectivity index (χ2v) is 8.27. The van der Waals surface area contributed by atoms with Crippen molar-refractivity contribution in [3.8, 4) is 5.75 Å². The lowest BCUT2D eigenvalue weighted by molar-refractivity contribution is -0.134. The molecular weight excluding hydrogens is 380 g/mol. The molecule has 4 rings (SSSR count). The molecule has 0 unspecified atom stereocenters. The number of nitrogens with zero attached hydrogens (tertiary/aromatic N) is 3. The Morgan fingerprint density at radius 3 is 2.60 bits per heavy atom. The van der Waals surface area contributed by atoms with Crippen molar-refractivity contribution < 1.29 is 14.3 Å². The van der Waals surface area contributed by atoms with E-state index in [9.17, 15) is 9.59 Å². The molecule has 1 aromatic heterocycles. The predicted octanol–water partition coefficient (Wildman–Crippen LogP) is 3.31. The van der Waals surface area contributed by atoms with E-state index >= 15 is 0 Å². The van der Waals surface area contributed by atoms with Gasteiger partial charge in [0.1, 0.15) is 11.4 Å². The highest BCUT2D eigenvalue weighted by molar-refractivity contribution is 6.00. The molecule has 1 saturated heterocycles. The molecule has 0 saturated carbocycles. The van der Waals surface area contributed by atoms with Gasteiger partial charge in [0, 0.05) is 50.3 Å². The molecule has 2 aliphatic rings. The van der Waals surface area contributed by atoms with Crippen molar-refractivity contribution >= 4 is 17.6 Å². The Morgan fingerprint density at radius 2 is 1.87 bits per heavy atom. The minimum absolute atomic E-state index is 0.135. The van der Waals surface area contributed by atoms with E-state index < -0.39 is 5.60 Å². The molecule has 1 N–H and O–H groups in total. The van der Waals surface area contributed by atoms with Gasteiger partial charge in [-0.15, -0.1) is 0 Å². The van der Waals surface area contributed by atoms with E-state index in [2.05, 4.69) is 15.3 Å². The molecule has 1 aromatic carbocycles. The summed E-state index contributed by atoms with van der Waals surface area (Å²) >= 11 is 0. The van der Waals surface area contributed by atoms with Crippen molar-refractivity contribution in [1.29, 1.82) is 0 Å². The molecule has 0 aliphatic carbocycles. The fourth-order valence-electron chi connectivity index (χ4n) is 4.29. The Morgan fingerprint density at radius 1 is 1.17 bits per heavy atom. The van der Waals surface area contributed by atoms with Gasteiger partial charge < -0.3 is 15.0 Å². The first-order chi connectivity index (χ1) is 14.4. The van der Waals surface area contributed by atoms with Gasteiger partial charge in [0.05, 0.1) is 12.0 Å². The second kappa shape index (κ2) is 8.42. The maximum Gasteiger partial charge on any atom is 0.223 e. The van der Waals surface area contributed by atoms with Crippen LogP contribution >= 0.6 is 0 Å². The molecule has 30 heavy (non-hydrogen) atoms. The maximum atomic E-state index is 12.6. The van der Waals surface area contributed by atoms with Crippen molar-refractivity contribution in [2.24, 2.45) is 0 Å². The van der Waals surface area contributed by atoms with E-state index in [-0.39, 0.29) is 11.7 Å². The van der Waals surface area contributed by atoms with Crippen LogP contribution in [0.1, 0.15) is 53.8 Å². The normalized spacial score (nSPS) is 17.4. The van der Waals surface area contributed by atoms with E-state index in [1.54, 1.807) is 0 Å². The van der Waals surface area contributed by atoms with Crippen molar-refractivity contribution in [3.63, 3.8) is 0 Å². The standard InChI is InChI=1S/C23H28N4O3/c1-16-14-17(2)26-22(25-16)24-11-5-8-21(29)27-12-9-23(10-13-27)15-19(28)18-6-3-4-7-20(18)30-23/h3-4,6-7,14H,5,8-13,15H2,1-2H3,(H,24,25,26). The fourth-order valence-corrected chi connectivity index (χ4v) is 4.29. The highest BCUT2D eigenvalue weighted by atomic mass is 16.5. The summed E-state index contributed by atoms with van der Waals surface area (Å²) in [6.45, 7) is 5.79. The van der Waals surface area contributed by atoms with Crippen LogP contribution in [0.2, 0.25) is 0 Å². The Balaban J connectivity index is 1.24. The van der Waals surface area contributed by atoms with Crippen LogP contribution < -0.4 is 10.1 Å². The number of benzene rings is 1. The number of carbonyl (C=O) groups excluding carboxylic acids is 2. The molecule has 3 heterocycles. The summed E-state index contributed by atoms with van der Waals surface area (Å²) in [6, 6.07) is 9.36. The van der Waals surface area contributed by atoms with Crippen molar-refractivity contribution in [1.82, 2.24) is 14.9 Å². The van der Waals surface area contributed by atoms with Crippen molar-refractivity contribution in [2.45, 2.75) is 51.6 Å². The quantitative estimate of drug-likeness (QED) is 0.764. The number of rotatable bonds is 5. The number of hydrogen-bond acceptors (Lipinski definition) is 6. The van der Waals surface area contributed by atoms with Gasteiger partial charge in [0.15, 0.2) is 5.78 Å². The Hall–Kier alpha value is -2.96. The summed E-state index contributed by atoms with van der Waals surface area (Å²) in [5.41, 5.74) is 2.05. The van der Waals surface area contributed by atoms with Crippen molar-refractivity contribution in [3.05, 3.63) is 47.3 Å². The molecule has 0 radical (unpaired) electrons. The van der Waals surface area contributed by atoms with Crippen LogP contribution in [0.4, 0.5) is 5.95 Å². The predicted molar refractivity (Wildman–Crippen MR) is 114 cm³/mol. The van der Waals surface area contributed by atoms with Gasteiger partial charge in [-0.05, 0) is 38.5 Å². The summed E-state index contributed by atoms with van der Waals surface area (Å²) in [5, 5.41) is 3.19. The highest BCUT2D eigenvalue weighted by Crippen LogP contribution is 2.39. The molecule has 1 spiro atoms.